The van der Waals surface area contributed by atoms with Gasteiger partial charge in [-0.2, -0.15) is 0 Å². The Kier molecular flexibility index (Phi) is 9.96. The van der Waals surface area contributed by atoms with Crippen LogP contribution < -0.4 is 16.0 Å². The SMILES string of the molecule is CN/C(C)=C(\C(C)=N)C(=O)NCc1ccc(CN(CCNCc2nc3ccccc3[nH]2)C2CCCc3cccnc32)cc1. The minimum Gasteiger partial charge on any atom is -0.391 e. The van der Waals surface area contributed by atoms with E-state index in [-0.39, 0.29) is 17.7 Å². The van der Waals surface area contributed by atoms with Crippen LogP contribution in [0.15, 0.2) is 78.1 Å². The van der Waals surface area contributed by atoms with Crippen LogP contribution in [0.5, 0.6) is 0 Å². The van der Waals surface area contributed by atoms with Gasteiger partial charge in [-0.25, -0.2) is 4.98 Å². The van der Waals surface area contributed by atoms with E-state index in [0.29, 0.717) is 24.4 Å². The molecule has 2 aromatic carbocycles. The Bertz CT molecular complexity index is 1560. The van der Waals surface area contributed by atoms with E-state index in [1.54, 1.807) is 14.0 Å². The summed E-state index contributed by atoms with van der Waals surface area (Å²) in [6.45, 7) is 7.04. The fourth-order valence-electron chi connectivity index (χ4n) is 5.82. The van der Waals surface area contributed by atoms with Gasteiger partial charge in [-0.15, -0.1) is 0 Å². The lowest BCUT2D eigenvalue weighted by atomic mass is 9.90. The van der Waals surface area contributed by atoms with Crippen LogP contribution in [-0.2, 0) is 30.8 Å². The number of nitrogens with one attached hydrogen (secondary N) is 5. The van der Waals surface area contributed by atoms with E-state index in [0.717, 1.165) is 61.3 Å². The van der Waals surface area contributed by atoms with Gasteiger partial charge in [0, 0.05) is 50.8 Å². The lowest BCUT2D eigenvalue weighted by Gasteiger charge is -2.35. The van der Waals surface area contributed by atoms with E-state index in [4.69, 9.17) is 15.4 Å². The first-order chi connectivity index (χ1) is 20.9. The molecule has 0 bridgehead atoms. The molecule has 9 heteroatoms. The lowest BCUT2D eigenvalue weighted by molar-refractivity contribution is -0.117. The molecule has 1 aliphatic carbocycles. The molecule has 1 aliphatic rings. The van der Waals surface area contributed by atoms with Crippen LogP contribution in [-0.4, -0.2) is 51.6 Å². The molecule has 2 aromatic heterocycles. The van der Waals surface area contributed by atoms with Crippen molar-refractivity contribution >= 4 is 22.7 Å². The van der Waals surface area contributed by atoms with Crippen molar-refractivity contribution in [2.45, 2.75) is 58.8 Å². The molecule has 0 fully saturated rings. The minimum absolute atomic E-state index is 0.241. The fourth-order valence-corrected chi connectivity index (χ4v) is 5.82. The number of imidazole rings is 1. The number of para-hydroxylation sites is 2. The second kappa shape index (κ2) is 14.2. The number of aromatic amines is 1. The van der Waals surface area contributed by atoms with Gasteiger partial charge in [-0.05, 0) is 68.0 Å². The summed E-state index contributed by atoms with van der Waals surface area (Å²) in [5.74, 6) is 0.702. The molecule has 9 nitrogen and oxygen atoms in total. The maximum atomic E-state index is 12.7. The summed E-state index contributed by atoms with van der Waals surface area (Å²) in [6, 6.07) is 21.1. The standard InChI is InChI=1S/C34H42N8O/c1-23(35)32(24(2)36-3)34(43)39-20-25-13-15-26(16-14-25)22-42(30-12-6-8-27-9-7-17-38-33(27)30)19-18-37-21-31-40-28-10-4-5-11-29(28)41-31/h4-5,7,9-11,13-17,30,35-37H,6,8,12,18-22H2,1-3H3,(H,39,43)(H,40,41)/b32-24+,35-23?. The number of nitrogens with zero attached hydrogens (tertiary/aromatic N) is 3. The molecule has 224 valence electrons. The quantitative estimate of drug-likeness (QED) is 0.0885. The summed E-state index contributed by atoms with van der Waals surface area (Å²) in [4.78, 5) is 28.2. The number of carbonyl (C=O) groups excluding carboxylic acids is 1. The van der Waals surface area contributed by atoms with Gasteiger partial charge in [-0.3, -0.25) is 14.7 Å². The number of hydrogen-bond acceptors (Lipinski definition) is 7. The third-order valence-corrected chi connectivity index (χ3v) is 8.13. The summed E-state index contributed by atoms with van der Waals surface area (Å²) in [6.07, 6.45) is 5.24. The monoisotopic (exact) mass is 578 g/mol. The van der Waals surface area contributed by atoms with Gasteiger partial charge >= 0.3 is 0 Å². The molecule has 1 unspecified atom stereocenters. The number of allylic oxidation sites excluding steroid dienone is 1. The summed E-state index contributed by atoms with van der Waals surface area (Å²) >= 11 is 0. The number of H-pyrrole nitrogens is 1. The van der Waals surface area contributed by atoms with Crippen LogP contribution >= 0.6 is 0 Å². The van der Waals surface area contributed by atoms with Crippen molar-refractivity contribution in [1.29, 1.82) is 5.41 Å². The maximum absolute atomic E-state index is 12.7. The molecule has 2 heterocycles. The van der Waals surface area contributed by atoms with E-state index in [2.05, 4.69) is 62.2 Å². The highest BCUT2D eigenvalue weighted by Crippen LogP contribution is 2.33. The van der Waals surface area contributed by atoms with Crippen LogP contribution in [0.1, 0.15) is 60.9 Å². The molecule has 1 atom stereocenters. The third kappa shape index (κ3) is 7.55. The van der Waals surface area contributed by atoms with E-state index < -0.39 is 0 Å². The van der Waals surface area contributed by atoms with Crippen LogP contribution in [0, 0.1) is 5.41 Å². The van der Waals surface area contributed by atoms with Gasteiger partial charge in [0.25, 0.3) is 5.91 Å². The highest BCUT2D eigenvalue weighted by molar-refractivity contribution is 6.20. The number of carbonyl (C=O) groups is 1. The van der Waals surface area contributed by atoms with Crippen LogP contribution in [0.25, 0.3) is 11.0 Å². The van der Waals surface area contributed by atoms with Gasteiger partial charge in [0.1, 0.15) is 5.82 Å². The fraction of sp³-hybridized carbons (Fsp3) is 0.353. The highest BCUT2D eigenvalue weighted by Gasteiger charge is 2.27. The molecular weight excluding hydrogens is 536 g/mol. The zero-order valence-corrected chi connectivity index (χ0v) is 25.3. The maximum Gasteiger partial charge on any atom is 0.255 e. The number of aryl methyl sites for hydroxylation is 1. The Morgan fingerprint density at radius 3 is 2.60 bits per heavy atom. The summed E-state index contributed by atoms with van der Waals surface area (Å²) in [5, 5.41) is 17.5. The van der Waals surface area contributed by atoms with Crippen molar-refractivity contribution < 1.29 is 4.79 Å². The van der Waals surface area contributed by atoms with Crippen molar-refractivity contribution in [1.82, 2.24) is 35.8 Å². The number of pyridine rings is 1. The number of rotatable bonds is 13. The molecule has 0 saturated heterocycles. The van der Waals surface area contributed by atoms with Crippen molar-refractivity contribution in [3.63, 3.8) is 0 Å². The topological polar surface area (TPSA) is 122 Å². The Labute approximate surface area is 253 Å². The van der Waals surface area contributed by atoms with Crippen molar-refractivity contribution in [3.8, 4) is 0 Å². The average molecular weight is 579 g/mol. The van der Waals surface area contributed by atoms with E-state index in [1.165, 1.54) is 16.8 Å². The zero-order valence-electron chi connectivity index (χ0n) is 25.3. The molecule has 0 spiro atoms. The number of aromatic nitrogens is 3. The second-order valence-corrected chi connectivity index (χ2v) is 11.2. The Morgan fingerprint density at radius 1 is 1.05 bits per heavy atom. The van der Waals surface area contributed by atoms with Crippen LogP contribution in [0.3, 0.4) is 0 Å². The van der Waals surface area contributed by atoms with Crippen molar-refractivity contribution in [3.05, 3.63) is 106 Å². The van der Waals surface area contributed by atoms with E-state index in [9.17, 15) is 4.79 Å². The lowest BCUT2D eigenvalue weighted by Crippen LogP contribution is -2.36. The molecule has 5 rings (SSSR count). The molecule has 43 heavy (non-hydrogen) atoms. The molecule has 0 aliphatic heterocycles. The summed E-state index contributed by atoms with van der Waals surface area (Å²) < 4.78 is 0. The predicted octanol–water partition coefficient (Wildman–Crippen LogP) is 4.78. The normalized spacial score (nSPS) is 15.2. The average Bonchev–Trinajstić information content (AvgIpc) is 3.44. The van der Waals surface area contributed by atoms with Gasteiger partial charge in [0.15, 0.2) is 0 Å². The highest BCUT2D eigenvalue weighted by atomic mass is 16.1. The Hall–Kier alpha value is -4.34. The van der Waals surface area contributed by atoms with E-state index >= 15 is 0 Å². The molecule has 0 saturated carbocycles. The van der Waals surface area contributed by atoms with Crippen LogP contribution in [0.2, 0.25) is 0 Å². The third-order valence-electron chi connectivity index (χ3n) is 8.13. The number of benzene rings is 2. The molecule has 4 aromatic rings. The van der Waals surface area contributed by atoms with E-state index in [1.807, 2.05) is 37.4 Å². The number of amides is 1. The van der Waals surface area contributed by atoms with Gasteiger partial charge in [-0.1, -0.05) is 42.5 Å². The molecule has 5 N–H and O–H groups in total. The number of hydrogen-bond donors (Lipinski definition) is 5. The van der Waals surface area contributed by atoms with Gasteiger partial charge < -0.3 is 26.3 Å². The molecule has 0 radical (unpaired) electrons. The number of fused-ring (bicyclic) bond motifs is 2. The first kappa shape index (κ1) is 30.1. The first-order valence-corrected chi connectivity index (χ1v) is 15.0. The summed E-state index contributed by atoms with van der Waals surface area (Å²) in [5.41, 5.74) is 8.15. The van der Waals surface area contributed by atoms with Gasteiger partial charge in [0.2, 0.25) is 0 Å². The Morgan fingerprint density at radius 2 is 1.84 bits per heavy atom. The summed E-state index contributed by atoms with van der Waals surface area (Å²) in [7, 11) is 1.76. The molecular formula is C34H42N8O. The second-order valence-electron chi connectivity index (χ2n) is 11.2. The minimum atomic E-state index is -0.242. The smallest absolute Gasteiger partial charge is 0.255 e. The predicted molar refractivity (Wildman–Crippen MR) is 172 cm³/mol. The van der Waals surface area contributed by atoms with Crippen LogP contribution in [0.4, 0.5) is 0 Å². The zero-order chi connectivity index (χ0) is 30.2. The largest absolute Gasteiger partial charge is 0.391 e. The van der Waals surface area contributed by atoms with Crippen molar-refractivity contribution in [2.75, 3.05) is 20.1 Å². The van der Waals surface area contributed by atoms with Gasteiger partial charge in [0.05, 0.1) is 34.9 Å². The molecule has 1 amide bonds. The first-order valence-electron chi connectivity index (χ1n) is 15.0. The Balaban J connectivity index is 1.24. The van der Waals surface area contributed by atoms with Crippen molar-refractivity contribution in [2.24, 2.45) is 0 Å².